The highest BCUT2D eigenvalue weighted by atomic mass is 32.2. The summed E-state index contributed by atoms with van der Waals surface area (Å²) in [5, 5.41) is 9.01. The zero-order chi connectivity index (χ0) is 14.9. The molecule has 2 saturated heterocycles. The van der Waals surface area contributed by atoms with E-state index in [0.29, 0.717) is 0 Å². The number of piperidine rings is 1. The minimum absolute atomic E-state index is 0.0182. The minimum atomic E-state index is -4.31. The van der Waals surface area contributed by atoms with E-state index in [0.717, 1.165) is 9.80 Å². The predicted octanol–water partition coefficient (Wildman–Crippen LogP) is 1.84. The lowest BCUT2D eigenvalue weighted by atomic mass is 9.98. The van der Waals surface area contributed by atoms with Crippen molar-refractivity contribution in [2.45, 2.75) is 25.1 Å². The SMILES string of the molecule is O=C(O)[C@@H]1CSCN1C(=O)N1CCCC(C(F)(F)F)C1. The van der Waals surface area contributed by atoms with Crippen molar-refractivity contribution in [3.8, 4) is 0 Å². The van der Waals surface area contributed by atoms with Crippen molar-refractivity contribution >= 4 is 23.8 Å². The molecule has 0 aliphatic carbocycles. The fraction of sp³-hybridized carbons (Fsp3) is 0.818. The van der Waals surface area contributed by atoms with Gasteiger partial charge < -0.3 is 14.9 Å². The maximum absolute atomic E-state index is 12.7. The van der Waals surface area contributed by atoms with Crippen LogP contribution in [0.2, 0.25) is 0 Å². The second kappa shape index (κ2) is 5.71. The van der Waals surface area contributed by atoms with Gasteiger partial charge in [0.1, 0.15) is 6.04 Å². The Bertz CT molecular complexity index is 405. The van der Waals surface area contributed by atoms with E-state index < -0.39 is 30.1 Å². The van der Waals surface area contributed by atoms with Gasteiger partial charge in [0.2, 0.25) is 0 Å². The first-order chi connectivity index (χ1) is 9.30. The fourth-order valence-corrected chi connectivity index (χ4v) is 3.57. The third kappa shape index (κ3) is 3.13. The Kier molecular flexibility index (Phi) is 4.36. The van der Waals surface area contributed by atoms with Gasteiger partial charge in [-0.3, -0.25) is 0 Å². The molecule has 2 heterocycles. The van der Waals surface area contributed by atoms with Crippen molar-refractivity contribution in [2.75, 3.05) is 24.7 Å². The number of hydrogen-bond acceptors (Lipinski definition) is 3. The molecule has 5 nitrogen and oxygen atoms in total. The molecule has 0 aromatic rings. The van der Waals surface area contributed by atoms with Crippen LogP contribution in [0, 0.1) is 5.92 Å². The number of alkyl halides is 3. The number of urea groups is 1. The van der Waals surface area contributed by atoms with Crippen LogP contribution in [0.5, 0.6) is 0 Å². The lowest BCUT2D eigenvalue weighted by Gasteiger charge is -2.36. The van der Waals surface area contributed by atoms with Crippen LogP contribution in [0.1, 0.15) is 12.8 Å². The number of carbonyl (C=O) groups is 2. The molecule has 0 aromatic carbocycles. The monoisotopic (exact) mass is 312 g/mol. The predicted molar refractivity (Wildman–Crippen MR) is 66.3 cm³/mol. The summed E-state index contributed by atoms with van der Waals surface area (Å²) in [7, 11) is 0. The van der Waals surface area contributed by atoms with E-state index in [1.807, 2.05) is 0 Å². The van der Waals surface area contributed by atoms with Gasteiger partial charge in [-0.25, -0.2) is 9.59 Å². The Morgan fingerprint density at radius 2 is 2.00 bits per heavy atom. The Labute approximate surface area is 118 Å². The van der Waals surface area contributed by atoms with Gasteiger partial charge in [0.25, 0.3) is 0 Å². The van der Waals surface area contributed by atoms with Gasteiger partial charge in [-0.1, -0.05) is 0 Å². The zero-order valence-corrected chi connectivity index (χ0v) is 11.4. The van der Waals surface area contributed by atoms with E-state index in [9.17, 15) is 22.8 Å². The third-order valence-electron chi connectivity index (χ3n) is 3.57. The number of rotatable bonds is 1. The van der Waals surface area contributed by atoms with Gasteiger partial charge in [-0.15, -0.1) is 11.8 Å². The first kappa shape index (κ1) is 15.3. The van der Waals surface area contributed by atoms with E-state index in [2.05, 4.69) is 0 Å². The first-order valence-corrected chi connectivity index (χ1v) is 7.39. The molecule has 114 valence electrons. The number of halogens is 3. The van der Waals surface area contributed by atoms with Gasteiger partial charge in [-0.2, -0.15) is 13.2 Å². The number of thioether (sulfide) groups is 1. The van der Waals surface area contributed by atoms with Crippen LogP contribution in [-0.2, 0) is 4.79 Å². The van der Waals surface area contributed by atoms with Crippen molar-refractivity contribution in [1.82, 2.24) is 9.80 Å². The number of likely N-dealkylation sites (tertiary alicyclic amines) is 1. The van der Waals surface area contributed by atoms with Gasteiger partial charge in [-0.05, 0) is 12.8 Å². The van der Waals surface area contributed by atoms with E-state index in [-0.39, 0.29) is 37.6 Å². The van der Waals surface area contributed by atoms with Crippen molar-refractivity contribution < 1.29 is 27.9 Å². The Morgan fingerprint density at radius 3 is 2.60 bits per heavy atom. The number of amides is 2. The Morgan fingerprint density at radius 1 is 1.30 bits per heavy atom. The minimum Gasteiger partial charge on any atom is -0.480 e. The van der Waals surface area contributed by atoms with Gasteiger partial charge in [0.15, 0.2) is 0 Å². The first-order valence-electron chi connectivity index (χ1n) is 6.23. The van der Waals surface area contributed by atoms with Crippen molar-refractivity contribution in [3.63, 3.8) is 0 Å². The fourth-order valence-electron chi connectivity index (χ4n) is 2.44. The summed E-state index contributed by atoms with van der Waals surface area (Å²) in [4.78, 5) is 25.5. The maximum atomic E-state index is 12.7. The number of hydrogen-bond donors (Lipinski definition) is 1. The number of carboxylic acids is 1. The van der Waals surface area contributed by atoms with Crippen LogP contribution in [0.25, 0.3) is 0 Å². The molecule has 2 aliphatic heterocycles. The molecule has 0 aromatic heterocycles. The summed E-state index contributed by atoms with van der Waals surface area (Å²) >= 11 is 1.29. The van der Waals surface area contributed by atoms with Gasteiger partial charge >= 0.3 is 18.2 Å². The standard InChI is InChI=1S/C11H15F3N2O3S/c12-11(13,14)7-2-1-3-15(4-7)10(19)16-6-20-5-8(16)9(17)18/h7-8H,1-6H2,(H,17,18)/t7?,8-/m0/s1. The molecule has 0 bridgehead atoms. The average molecular weight is 312 g/mol. The van der Waals surface area contributed by atoms with Crippen molar-refractivity contribution in [3.05, 3.63) is 0 Å². The molecular formula is C11H15F3N2O3S. The maximum Gasteiger partial charge on any atom is 0.393 e. The molecule has 0 spiro atoms. The Hall–Kier alpha value is -1.12. The topological polar surface area (TPSA) is 60.9 Å². The van der Waals surface area contributed by atoms with E-state index >= 15 is 0 Å². The highest BCUT2D eigenvalue weighted by molar-refractivity contribution is 7.99. The van der Waals surface area contributed by atoms with Crippen molar-refractivity contribution in [1.29, 1.82) is 0 Å². The van der Waals surface area contributed by atoms with E-state index in [4.69, 9.17) is 5.11 Å². The lowest BCUT2D eigenvalue weighted by molar-refractivity contribution is -0.184. The van der Waals surface area contributed by atoms with Crippen LogP contribution in [0.3, 0.4) is 0 Å². The molecule has 0 saturated carbocycles. The highest BCUT2D eigenvalue weighted by Crippen LogP contribution is 2.34. The number of carbonyl (C=O) groups excluding carboxylic acids is 1. The average Bonchev–Trinajstić information content (AvgIpc) is 2.86. The molecule has 1 unspecified atom stereocenters. The summed E-state index contributed by atoms with van der Waals surface area (Å²) in [5.41, 5.74) is 0. The van der Waals surface area contributed by atoms with Crippen LogP contribution < -0.4 is 0 Å². The quantitative estimate of drug-likeness (QED) is 0.802. The molecule has 20 heavy (non-hydrogen) atoms. The number of nitrogens with zero attached hydrogens (tertiary/aromatic N) is 2. The number of aliphatic carboxylic acids is 1. The summed E-state index contributed by atoms with van der Waals surface area (Å²) in [6.45, 7) is -0.130. The zero-order valence-electron chi connectivity index (χ0n) is 10.6. The molecule has 0 radical (unpaired) electrons. The van der Waals surface area contributed by atoms with E-state index in [1.54, 1.807) is 0 Å². The number of carboxylic acid groups (broad SMARTS) is 1. The smallest absolute Gasteiger partial charge is 0.393 e. The molecule has 1 N–H and O–H groups in total. The molecule has 2 rings (SSSR count). The second-order valence-electron chi connectivity index (χ2n) is 4.93. The van der Waals surface area contributed by atoms with Crippen molar-refractivity contribution in [2.24, 2.45) is 5.92 Å². The largest absolute Gasteiger partial charge is 0.480 e. The molecule has 9 heteroatoms. The molecule has 2 amide bonds. The summed E-state index contributed by atoms with van der Waals surface area (Å²) < 4.78 is 38.1. The third-order valence-corrected chi connectivity index (χ3v) is 4.58. The normalized spacial score (nSPS) is 27.8. The molecular weight excluding hydrogens is 297 g/mol. The van der Waals surface area contributed by atoms with Crippen LogP contribution in [0.15, 0.2) is 0 Å². The van der Waals surface area contributed by atoms with Crippen LogP contribution in [-0.4, -0.2) is 63.8 Å². The van der Waals surface area contributed by atoms with Crippen LogP contribution >= 0.6 is 11.8 Å². The summed E-state index contributed by atoms with van der Waals surface area (Å²) in [5.74, 6) is -2.15. The van der Waals surface area contributed by atoms with Crippen LogP contribution in [0.4, 0.5) is 18.0 Å². The highest BCUT2D eigenvalue weighted by Gasteiger charge is 2.44. The van der Waals surface area contributed by atoms with E-state index in [1.165, 1.54) is 11.8 Å². The summed E-state index contributed by atoms with van der Waals surface area (Å²) in [6.07, 6.45) is -4.01. The second-order valence-corrected chi connectivity index (χ2v) is 5.93. The van der Waals surface area contributed by atoms with Gasteiger partial charge in [0, 0.05) is 18.8 Å². The molecule has 2 fully saturated rings. The van der Waals surface area contributed by atoms with Gasteiger partial charge in [0.05, 0.1) is 11.8 Å². The molecule has 2 atom stereocenters. The molecule has 2 aliphatic rings. The summed E-state index contributed by atoms with van der Waals surface area (Å²) in [6, 6.07) is -1.55. The lowest BCUT2D eigenvalue weighted by Crippen LogP contribution is -2.52. The Balaban J connectivity index is 2.03.